The molecular weight excluding hydrogens is 414 g/mol. The van der Waals surface area contributed by atoms with E-state index < -0.39 is 5.97 Å². The highest BCUT2D eigenvalue weighted by atomic mass is 35.5. The van der Waals surface area contributed by atoms with Crippen LogP contribution in [0.2, 0.25) is 5.02 Å². The largest absolute Gasteiger partial charge is 0.495 e. The summed E-state index contributed by atoms with van der Waals surface area (Å²) in [6.07, 6.45) is 1.74. The molecule has 0 saturated heterocycles. The molecule has 0 spiro atoms. The minimum absolute atomic E-state index is 0.229. The summed E-state index contributed by atoms with van der Waals surface area (Å²) in [6.45, 7) is 1.71. The highest BCUT2D eigenvalue weighted by Crippen LogP contribution is 2.38. The number of benzene rings is 3. The molecule has 0 aromatic heterocycles. The number of carbonyl (C=O) groups excluding carboxylic acids is 2. The third-order valence-corrected chi connectivity index (χ3v) is 5.60. The van der Waals surface area contributed by atoms with E-state index in [0.717, 1.165) is 16.3 Å². The molecule has 0 atom stereocenters. The first-order valence-electron chi connectivity index (χ1n) is 9.63. The van der Waals surface area contributed by atoms with Crippen molar-refractivity contribution < 1.29 is 19.1 Å². The number of rotatable bonds is 4. The molecule has 31 heavy (non-hydrogen) atoms. The van der Waals surface area contributed by atoms with Crippen LogP contribution in [0.3, 0.4) is 0 Å². The molecule has 5 nitrogen and oxygen atoms in total. The lowest BCUT2D eigenvalue weighted by Gasteiger charge is -2.19. The van der Waals surface area contributed by atoms with Crippen LogP contribution in [0.25, 0.3) is 16.8 Å². The molecule has 1 aliphatic heterocycles. The van der Waals surface area contributed by atoms with E-state index in [1.807, 2.05) is 42.5 Å². The number of esters is 1. The number of anilines is 1. The zero-order chi connectivity index (χ0) is 22.1. The first-order valence-corrected chi connectivity index (χ1v) is 10.0. The van der Waals surface area contributed by atoms with Crippen molar-refractivity contribution in [1.82, 2.24) is 0 Å². The van der Waals surface area contributed by atoms with E-state index in [2.05, 4.69) is 0 Å². The van der Waals surface area contributed by atoms with Crippen LogP contribution in [0.4, 0.5) is 5.69 Å². The number of allylic oxidation sites excluding steroid dienone is 1. The van der Waals surface area contributed by atoms with Gasteiger partial charge in [-0.2, -0.15) is 0 Å². The summed E-state index contributed by atoms with van der Waals surface area (Å²) in [6, 6.07) is 18.8. The molecule has 0 saturated carbocycles. The Bertz CT molecular complexity index is 1270. The molecule has 0 bridgehead atoms. The van der Waals surface area contributed by atoms with Gasteiger partial charge in [0, 0.05) is 5.70 Å². The minimum atomic E-state index is -0.570. The Morgan fingerprint density at radius 3 is 2.48 bits per heavy atom. The monoisotopic (exact) mass is 433 g/mol. The molecule has 4 rings (SSSR count). The van der Waals surface area contributed by atoms with Gasteiger partial charge in [0.15, 0.2) is 0 Å². The number of fused-ring (bicyclic) bond motifs is 1. The van der Waals surface area contributed by atoms with E-state index in [1.54, 1.807) is 31.2 Å². The van der Waals surface area contributed by atoms with Gasteiger partial charge in [0.25, 0.3) is 5.91 Å². The average molecular weight is 434 g/mol. The maximum atomic E-state index is 13.5. The number of amides is 1. The quantitative estimate of drug-likeness (QED) is 0.409. The smallest absolute Gasteiger partial charge is 0.340 e. The fourth-order valence-corrected chi connectivity index (χ4v) is 4.07. The molecule has 1 heterocycles. The van der Waals surface area contributed by atoms with E-state index in [9.17, 15) is 9.59 Å². The zero-order valence-electron chi connectivity index (χ0n) is 17.3. The van der Waals surface area contributed by atoms with Crippen molar-refractivity contribution in [3.63, 3.8) is 0 Å². The SMILES string of the molecule is COC(=O)C1=C(C)N(c2ccc(OC)c(Cl)c2)C(=O)/C1=C\c1cccc2ccccc12. The predicted octanol–water partition coefficient (Wildman–Crippen LogP) is 5.38. The lowest BCUT2D eigenvalue weighted by molar-refractivity contribution is -0.136. The number of ether oxygens (including phenoxy) is 2. The van der Waals surface area contributed by atoms with Crippen molar-refractivity contribution in [2.24, 2.45) is 0 Å². The lowest BCUT2D eigenvalue weighted by Crippen LogP contribution is -2.24. The molecule has 0 radical (unpaired) electrons. The maximum absolute atomic E-state index is 13.5. The first kappa shape index (κ1) is 20.7. The molecule has 1 amide bonds. The highest BCUT2D eigenvalue weighted by molar-refractivity contribution is 6.32. The summed E-state index contributed by atoms with van der Waals surface area (Å²) in [5.74, 6) is -0.398. The molecule has 0 aliphatic carbocycles. The molecule has 3 aromatic carbocycles. The number of nitrogens with zero attached hydrogens (tertiary/aromatic N) is 1. The fourth-order valence-electron chi connectivity index (χ4n) is 3.82. The second-order valence-electron chi connectivity index (χ2n) is 7.04. The van der Waals surface area contributed by atoms with Crippen molar-refractivity contribution in [3.05, 3.63) is 88.1 Å². The number of hydrogen-bond donors (Lipinski definition) is 0. The minimum Gasteiger partial charge on any atom is -0.495 e. The van der Waals surface area contributed by atoms with Crippen LogP contribution in [0.15, 0.2) is 77.5 Å². The Kier molecular flexibility index (Phi) is 5.53. The van der Waals surface area contributed by atoms with Crippen molar-refractivity contribution in [2.45, 2.75) is 6.92 Å². The summed E-state index contributed by atoms with van der Waals surface area (Å²) in [5, 5.41) is 2.39. The number of halogens is 1. The second kappa shape index (κ2) is 8.28. The second-order valence-corrected chi connectivity index (χ2v) is 7.44. The van der Waals surface area contributed by atoms with Gasteiger partial charge < -0.3 is 9.47 Å². The van der Waals surface area contributed by atoms with Crippen LogP contribution in [0.5, 0.6) is 5.75 Å². The van der Waals surface area contributed by atoms with Gasteiger partial charge >= 0.3 is 5.97 Å². The molecule has 156 valence electrons. The summed E-state index contributed by atoms with van der Waals surface area (Å²) >= 11 is 6.28. The van der Waals surface area contributed by atoms with Gasteiger partial charge in [0.2, 0.25) is 0 Å². The molecular formula is C25H20ClNO4. The van der Waals surface area contributed by atoms with Crippen LogP contribution in [-0.2, 0) is 14.3 Å². The van der Waals surface area contributed by atoms with Crippen molar-refractivity contribution >= 4 is 46.0 Å². The van der Waals surface area contributed by atoms with Gasteiger partial charge in [-0.05, 0) is 47.5 Å². The van der Waals surface area contributed by atoms with E-state index in [0.29, 0.717) is 22.2 Å². The van der Waals surface area contributed by atoms with Gasteiger partial charge in [-0.15, -0.1) is 0 Å². The van der Waals surface area contributed by atoms with Crippen LogP contribution >= 0.6 is 11.6 Å². The van der Waals surface area contributed by atoms with E-state index >= 15 is 0 Å². The van der Waals surface area contributed by atoms with E-state index in [-0.39, 0.29) is 17.1 Å². The Labute approximate surface area is 185 Å². The van der Waals surface area contributed by atoms with Crippen LogP contribution in [-0.4, -0.2) is 26.1 Å². The summed E-state index contributed by atoms with van der Waals surface area (Å²) in [4.78, 5) is 27.6. The van der Waals surface area contributed by atoms with Gasteiger partial charge in [-0.3, -0.25) is 9.69 Å². The Hall–Kier alpha value is -3.57. The lowest BCUT2D eigenvalue weighted by atomic mass is 9.99. The Morgan fingerprint density at radius 2 is 1.77 bits per heavy atom. The average Bonchev–Trinajstić information content (AvgIpc) is 3.02. The van der Waals surface area contributed by atoms with Crippen molar-refractivity contribution in [1.29, 1.82) is 0 Å². The van der Waals surface area contributed by atoms with Crippen molar-refractivity contribution in [3.8, 4) is 5.75 Å². The predicted molar refractivity (Wildman–Crippen MR) is 122 cm³/mol. The van der Waals surface area contributed by atoms with Gasteiger partial charge in [-0.25, -0.2) is 4.79 Å². The maximum Gasteiger partial charge on any atom is 0.340 e. The molecule has 0 unspecified atom stereocenters. The Morgan fingerprint density at radius 1 is 1.03 bits per heavy atom. The Balaban J connectivity index is 1.88. The summed E-state index contributed by atoms with van der Waals surface area (Å²) in [5.41, 5.74) is 2.35. The zero-order valence-corrected chi connectivity index (χ0v) is 18.1. The summed E-state index contributed by atoms with van der Waals surface area (Å²) in [7, 11) is 2.82. The summed E-state index contributed by atoms with van der Waals surface area (Å²) < 4.78 is 10.2. The number of hydrogen-bond acceptors (Lipinski definition) is 4. The molecule has 6 heteroatoms. The number of methoxy groups -OCH3 is 2. The topological polar surface area (TPSA) is 55.8 Å². The first-order chi connectivity index (χ1) is 15.0. The van der Waals surface area contributed by atoms with Crippen molar-refractivity contribution in [2.75, 3.05) is 19.1 Å². The van der Waals surface area contributed by atoms with Crippen LogP contribution in [0.1, 0.15) is 12.5 Å². The van der Waals surface area contributed by atoms with E-state index in [4.69, 9.17) is 21.1 Å². The third-order valence-electron chi connectivity index (χ3n) is 5.31. The van der Waals surface area contributed by atoms with Gasteiger partial charge in [-0.1, -0.05) is 54.1 Å². The van der Waals surface area contributed by atoms with Crippen LogP contribution in [0, 0.1) is 0 Å². The highest BCUT2D eigenvalue weighted by Gasteiger charge is 2.38. The fraction of sp³-hybridized carbons (Fsp3) is 0.120. The standard InChI is InChI=1S/C25H20ClNO4/c1-15-23(25(29)31-3)20(13-17-9-6-8-16-7-4-5-10-19(16)17)24(28)27(15)18-11-12-22(30-2)21(26)14-18/h4-14H,1-3H3/b20-13-. The molecule has 3 aromatic rings. The van der Waals surface area contributed by atoms with Gasteiger partial charge in [0.05, 0.1) is 36.1 Å². The molecule has 0 N–H and O–H groups in total. The number of carbonyl (C=O) groups is 2. The van der Waals surface area contributed by atoms with E-state index in [1.165, 1.54) is 19.1 Å². The molecule has 0 fully saturated rings. The third kappa shape index (κ3) is 3.57. The van der Waals surface area contributed by atoms with Gasteiger partial charge in [0.1, 0.15) is 5.75 Å². The van der Waals surface area contributed by atoms with Crippen LogP contribution < -0.4 is 9.64 Å². The normalized spacial score (nSPS) is 15.2. The molecule has 1 aliphatic rings.